The number of hydrogen-bond donors (Lipinski definition) is 0. The fourth-order valence-electron chi connectivity index (χ4n) is 5.02. The highest BCUT2D eigenvalue weighted by atomic mass is 16.5. The molecule has 0 saturated heterocycles. The number of hydrogen-bond acceptors (Lipinski definition) is 3. The number of para-hydroxylation sites is 2. The molecule has 36 heavy (non-hydrogen) atoms. The van der Waals surface area contributed by atoms with Crippen LogP contribution in [0.4, 0.5) is 0 Å². The number of benzene rings is 3. The summed E-state index contributed by atoms with van der Waals surface area (Å²) in [5.41, 5.74) is 5.28. The van der Waals surface area contributed by atoms with Crippen LogP contribution < -0.4 is 16.0 Å². The minimum atomic E-state index is -0.514. The molecule has 0 saturated carbocycles. The molecular formula is C30H25N3O3. The van der Waals surface area contributed by atoms with Gasteiger partial charge in [-0.05, 0) is 36.3 Å². The van der Waals surface area contributed by atoms with Crippen LogP contribution in [0.2, 0.25) is 0 Å². The quantitative estimate of drug-likeness (QED) is 0.363. The van der Waals surface area contributed by atoms with Crippen molar-refractivity contribution in [2.24, 2.45) is 14.1 Å². The third-order valence-corrected chi connectivity index (χ3v) is 6.83. The van der Waals surface area contributed by atoms with E-state index < -0.39 is 6.10 Å². The van der Waals surface area contributed by atoms with Gasteiger partial charge in [0.05, 0.1) is 28.0 Å². The summed E-state index contributed by atoms with van der Waals surface area (Å²) in [6, 6.07) is 25.9. The van der Waals surface area contributed by atoms with E-state index in [4.69, 9.17) is 4.74 Å². The molecule has 0 fully saturated rings. The zero-order valence-corrected chi connectivity index (χ0v) is 20.3. The fourth-order valence-corrected chi connectivity index (χ4v) is 5.02. The van der Waals surface area contributed by atoms with Gasteiger partial charge in [-0.1, -0.05) is 78.4 Å². The van der Waals surface area contributed by atoms with Crippen molar-refractivity contribution >= 4 is 17.0 Å². The van der Waals surface area contributed by atoms with Crippen molar-refractivity contribution in [1.82, 2.24) is 13.7 Å². The lowest BCUT2D eigenvalue weighted by atomic mass is 10.1. The topological polar surface area (TPSA) is 58.2 Å². The van der Waals surface area contributed by atoms with Crippen molar-refractivity contribution in [3.05, 3.63) is 123 Å². The molecule has 0 aliphatic carbocycles. The molecule has 178 valence electrons. The van der Waals surface area contributed by atoms with Gasteiger partial charge in [0.25, 0.3) is 5.56 Å². The Labute approximate surface area is 207 Å². The molecule has 0 spiro atoms. The van der Waals surface area contributed by atoms with Crippen molar-refractivity contribution in [2.45, 2.75) is 13.0 Å². The molecular weight excluding hydrogens is 450 g/mol. The van der Waals surface area contributed by atoms with E-state index in [1.54, 1.807) is 11.6 Å². The first kappa shape index (κ1) is 21.9. The molecule has 5 aromatic rings. The number of aryl methyl sites for hydroxylation is 2. The normalized spacial score (nSPS) is 14.6. The van der Waals surface area contributed by atoms with Crippen molar-refractivity contribution in [3.63, 3.8) is 0 Å². The van der Waals surface area contributed by atoms with Crippen molar-refractivity contribution in [3.8, 4) is 22.7 Å². The van der Waals surface area contributed by atoms with Gasteiger partial charge in [-0.3, -0.25) is 13.9 Å². The highest BCUT2D eigenvalue weighted by Crippen LogP contribution is 2.45. The van der Waals surface area contributed by atoms with Crippen LogP contribution in [0.25, 0.3) is 33.9 Å². The van der Waals surface area contributed by atoms with Crippen molar-refractivity contribution < 1.29 is 4.74 Å². The van der Waals surface area contributed by atoms with Gasteiger partial charge >= 0.3 is 5.69 Å². The van der Waals surface area contributed by atoms with Crippen molar-refractivity contribution in [2.75, 3.05) is 0 Å². The van der Waals surface area contributed by atoms with E-state index in [9.17, 15) is 9.59 Å². The Hall–Kier alpha value is -4.58. The number of rotatable bonds is 3. The average molecular weight is 476 g/mol. The smallest absolute Gasteiger partial charge is 0.331 e. The first-order valence-corrected chi connectivity index (χ1v) is 11.9. The lowest BCUT2D eigenvalue weighted by Crippen LogP contribution is -2.37. The Bertz CT molecular complexity index is 1770. The Balaban J connectivity index is 1.76. The minimum absolute atomic E-state index is 0.325. The number of nitrogens with zero attached hydrogens (tertiary/aromatic N) is 3. The summed E-state index contributed by atoms with van der Waals surface area (Å²) in [5.74, 6) is 0.711. The van der Waals surface area contributed by atoms with Crippen LogP contribution in [-0.2, 0) is 14.1 Å². The summed E-state index contributed by atoms with van der Waals surface area (Å²) in [4.78, 5) is 26.7. The molecule has 1 aliphatic heterocycles. The number of ether oxygens (including phenoxy) is 1. The van der Waals surface area contributed by atoms with Crippen LogP contribution in [0.3, 0.4) is 0 Å². The molecule has 0 amide bonds. The molecule has 6 rings (SSSR count). The minimum Gasteiger partial charge on any atom is -0.478 e. The molecule has 0 N–H and O–H groups in total. The third kappa shape index (κ3) is 3.26. The van der Waals surface area contributed by atoms with Crippen LogP contribution in [0.1, 0.15) is 22.9 Å². The molecule has 1 unspecified atom stereocenters. The maximum absolute atomic E-state index is 13.7. The first-order chi connectivity index (χ1) is 17.5. The standard InChI is InChI=1S/C30H25N3O3/c1-19-13-16-21(17-14-19)26-25-28(31(2)30(35)32(3)29(25)34)27-24(18-15-20-9-5-4-6-10-20)36-23-12-8-7-11-22(23)33(26)27/h4-18,24H,1-3H3/b18-15+. The molecule has 1 aliphatic rings. The molecule has 2 aromatic heterocycles. The van der Waals surface area contributed by atoms with Gasteiger partial charge in [0, 0.05) is 14.1 Å². The van der Waals surface area contributed by atoms with E-state index in [0.29, 0.717) is 16.7 Å². The van der Waals surface area contributed by atoms with Gasteiger partial charge in [-0.15, -0.1) is 0 Å². The second-order valence-electron chi connectivity index (χ2n) is 9.14. The van der Waals surface area contributed by atoms with Crippen LogP contribution in [-0.4, -0.2) is 13.7 Å². The molecule has 6 heteroatoms. The van der Waals surface area contributed by atoms with Gasteiger partial charge in [0.15, 0.2) is 6.10 Å². The largest absolute Gasteiger partial charge is 0.478 e. The summed E-state index contributed by atoms with van der Waals surface area (Å²) in [7, 11) is 3.24. The fraction of sp³-hybridized carbons (Fsp3) is 0.133. The van der Waals surface area contributed by atoms with Gasteiger partial charge < -0.3 is 9.30 Å². The zero-order chi connectivity index (χ0) is 25.0. The van der Waals surface area contributed by atoms with Crippen LogP contribution in [0.15, 0.2) is 94.5 Å². The predicted octanol–water partition coefficient (Wildman–Crippen LogP) is 5.15. The molecule has 0 radical (unpaired) electrons. The van der Waals surface area contributed by atoms with E-state index in [0.717, 1.165) is 33.8 Å². The van der Waals surface area contributed by atoms with Gasteiger partial charge in [0.2, 0.25) is 0 Å². The monoisotopic (exact) mass is 475 g/mol. The lowest BCUT2D eigenvalue weighted by Gasteiger charge is -2.28. The number of fused-ring (bicyclic) bond motifs is 5. The predicted molar refractivity (Wildman–Crippen MR) is 143 cm³/mol. The van der Waals surface area contributed by atoms with Crippen LogP contribution >= 0.6 is 0 Å². The third-order valence-electron chi connectivity index (χ3n) is 6.83. The summed E-state index contributed by atoms with van der Waals surface area (Å²) < 4.78 is 11.3. The van der Waals surface area contributed by atoms with Crippen LogP contribution in [0.5, 0.6) is 5.75 Å². The molecule has 3 aromatic carbocycles. The van der Waals surface area contributed by atoms with Gasteiger partial charge in [-0.25, -0.2) is 4.79 Å². The highest BCUT2D eigenvalue weighted by Gasteiger charge is 2.34. The average Bonchev–Trinajstić information content (AvgIpc) is 3.27. The maximum atomic E-state index is 13.7. The SMILES string of the molecule is Cc1ccc(-c2c3c(=O)n(C)c(=O)n(C)c3c3n2-c2ccccc2OC3/C=C/c2ccccc2)cc1. The Morgan fingerprint density at radius 3 is 2.28 bits per heavy atom. The summed E-state index contributed by atoms with van der Waals surface area (Å²) in [6.45, 7) is 2.03. The maximum Gasteiger partial charge on any atom is 0.331 e. The van der Waals surface area contributed by atoms with E-state index >= 15 is 0 Å². The Morgan fingerprint density at radius 2 is 1.53 bits per heavy atom. The molecule has 1 atom stereocenters. The zero-order valence-electron chi connectivity index (χ0n) is 20.3. The second kappa shape index (κ2) is 8.27. The van der Waals surface area contributed by atoms with Crippen LogP contribution in [0, 0.1) is 6.92 Å². The first-order valence-electron chi connectivity index (χ1n) is 11.9. The van der Waals surface area contributed by atoms with Gasteiger partial charge in [0.1, 0.15) is 5.75 Å². The highest BCUT2D eigenvalue weighted by molar-refractivity contribution is 5.98. The summed E-state index contributed by atoms with van der Waals surface area (Å²) in [6.07, 6.45) is 3.48. The van der Waals surface area contributed by atoms with E-state index in [1.807, 2.05) is 97.9 Å². The molecule has 3 heterocycles. The Morgan fingerprint density at radius 1 is 0.833 bits per heavy atom. The molecule has 0 bridgehead atoms. The summed E-state index contributed by atoms with van der Waals surface area (Å²) >= 11 is 0. The second-order valence-corrected chi connectivity index (χ2v) is 9.14. The number of aromatic nitrogens is 3. The molecule has 6 nitrogen and oxygen atoms in total. The van der Waals surface area contributed by atoms with E-state index in [-0.39, 0.29) is 11.2 Å². The van der Waals surface area contributed by atoms with E-state index in [1.165, 1.54) is 11.6 Å². The van der Waals surface area contributed by atoms with Crippen molar-refractivity contribution in [1.29, 1.82) is 0 Å². The lowest BCUT2D eigenvalue weighted by molar-refractivity contribution is 0.238. The summed E-state index contributed by atoms with van der Waals surface area (Å²) in [5, 5.41) is 0.497. The van der Waals surface area contributed by atoms with E-state index in [2.05, 4.69) is 4.57 Å². The Kier molecular flexibility index (Phi) is 5.04. The van der Waals surface area contributed by atoms with Gasteiger partial charge in [-0.2, -0.15) is 0 Å².